The summed E-state index contributed by atoms with van der Waals surface area (Å²) < 4.78 is 11.5. The number of Topliss-reactive ketones (excluding diaryl/α,β-unsaturated/α-hetero) is 1. The highest BCUT2D eigenvalue weighted by molar-refractivity contribution is 9.10. The Morgan fingerprint density at radius 1 is 1.25 bits per heavy atom. The van der Waals surface area contributed by atoms with Crippen molar-refractivity contribution in [1.29, 1.82) is 0 Å². The number of carbonyl (C=O) groups is 1. The van der Waals surface area contributed by atoms with Crippen LogP contribution in [0.25, 0.3) is 11.0 Å². The van der Waals surface area contributed by atoms with Crippen LogP contribution in [0.2, 0.25) is 5.02 Å². The molecule has 0 spiro atoms. The molecule has 0 unspecified atom stereocenters. The standard InChI is InChI=1S/C18H12BrClO4/c1-23-18-13(19)9-12-15(22)8-11(24-17(12)16(18)20)7-14(21)10-5-3-2-4-6-10/h2-6,8-9H,7H2,1H3. The van der Waals surface area contributed by atoms with Crippen molar-refractivity contribution in [1.82, 2.24) is 0 Å². The summed E-state index contributed by atoms with van der Waals surface area (Å²) >= 11 is 9.58. The Bertz CT molecular complexity index is 980. The van der Waals surface area contributed by atoms with Gasteiger partial charge in [-0.3, -0.25) is 9.59 Å². The molecule has 0 N–H and O–H groups in total. The quantitative estimate of drug-likeness (QED) is 0.591. The topological polar surface area (TPSA) is 56.5 Å². The van der Waals surface area contributed by atoms with Gasteiger partial charge in [0.2, 0.25) is 0 Å². The smallest absolute Gasteiger partial charge is 0.193 e. The van der Waals surface area contributed by atoms with E-state index in [9.17, 15) is 9.59 Å². The molecule has 24 heavy (non-hydrogen) atoms. The third-order valence-corrected chi connectivity index (χ3v) is 4.49. The Morgan fingerprint density at radius 3 is 2.62 bits per heavy atom. The number of hydrogen-bond donors (Lipinski definition) is 0. The van der Waals surface area contributed by atoms with Crippen LogP contribution >= 0.6 is 27.5 Å². The highest BCUT2D eigenvalue weighted by Gasteiger charge is 2.17. The minimum atomic E-state index is -0.266. The second kappa shape index (κ2) is 6.79. The minimum absolute atomic E-state index is 0.0239. The Balaban J connectivity index is 2.07. The summed E-state index contributed by atoms with van der Waals surface area (Å²) in [5, 5.41) is 0.511. The van der Waals surface area contributed by atoms with Gasteiger partial charge >= 0.3 is 0 Å². The molecule has 0 saturated heterocycles. The fourth-order valence-corrected chi connectivity index (χ4v) is 3.43. The van der Waals surface area contributed by atoms with E-state index in [-0.39, 0.29) is 34.0 Å². The van der Waals surface area contributed by atoms with Crippen molar-refractivity contribution in [2.45, 2.75) is 6.42 Å². The van der Waals surface area contributed by atoms with Gasteiger partial charge in [-0.15, -0.1) is 0 Å². The summed E-state index contributed by atoms with van der Waals surface area (Å²) in [6, 6.07) is 11.7. The number of benzene rings is 2. The van der Waals surface area contributed by atoms with Gasteiger partial charge in [0.05, 0.1) is 23.4 Å². The lowest BCUT2D eigenvalue weighted by molar-refractivity contribution is 0.0987. The van der Waals surface area contributed by atoms with Crippen LogP contribution in [-0.4, -0.2) is 12.9 Å². The molecule has 3 aromatic rings. The van der Waals surface area contributed by atoms with Crippen molar-refractivity contribution < 1.29 is 13.9 Å². The summed E-state index contributed by atoms with van der Waals surface area (Å²) in [6.07, 6.45) is -0.0239. The molecule has 2 aromatic carbocycles. The Morgan fingerprint density at radius 2 is 1.96 bits per heavy atom. The molecule has 1 heterocycles. The van der Waals surface area contributed by atoms with Gasteiger partial charge in [-0.05, 0) is 22.0 Å². The summed E-state index contributed by atoms with van der Waals surface area (Å²) in [6.45, 7) is 0. The minimum Gasteiger partial charge on any atom is -0.494 e. The number of methoxy groups -OCH3 is 1. The van der Waals surface area contributed by atoms with Crippen LogP contribution in [0.3, 0.4) is 0 Å². The molecule has 0 atom stereocenters. The molecule has 4 nitrogen and oxygen atoms in total. The average Bonchev–Trinajstić information content (AvgIpc) is 2.57. The second-order valence-corrected chi connectivity index (χ2v) is 6.36. The Hall–Kier alpha value is -2.11. The van der Waals surface area contributed by atoms with Gasteiger partial charge in [-0.25, -0.2) is 0 Å². The van der Waals surface area contributed by atoms with Crippen LogP contribution in [0.15, 0.2) is 56.1 Å². The Kier molecular flexibility index (Phi) is 4.73. The van der Waals surface area contributed by atoms with Crippen molar-refractivity contribution in [2.24, 2.45) is 0 Å². The van der Waals surface area contributed by atoms with Crippen molar-refractivity contribution >= 4 is 44.3 Å². The van der Waals surface area contributed by atoms with Crippen molar-refractivity contribution in [3.8, 4) is 5.75 Å². The largest absolute Gasteiger partial charge is 0.494 e. The number of ether oxygens (including phenoxy) is 1. The molecule has 0 aliphatic heterocycles. The van der Waals surface area contributed by atoms with Crippen molar-refractivity contribution in [3.63, 3.8) is 0 Å². The van der Waals surface area contributed by atoms with E-state index < -0.39 is 0 Å². The van der Waals surface area contributed by atoms with Gasteiger partial charge in [-0.1, -0.05) is 41.9 Å². The maximum absolute atomic E-state index is 12.3. The lowest BCUT2D eigenvalue weighted by atomic mass is 10.1. The summed E-state index contributed by atoms with van der Waals surface area (Å²) in [4.78, 5) is 24.6. The first-order valence-corrected chi connectivity index (χ1v) is 8.25. The van der Waals surface area contributed by atoms with E-state index in [1.807, 2.05) is 6.07 Å². The number of carbonyl (C=O) groups excluding carboxylic acids is 1. The molecule has 0 saturated carbocycles. The number of hydrogen-bond acceptors (Lipinski definition) is 4. The average molecular weight is 408 g/mol. The third-order valence-electron chi connectivity index (χ3n) is 3.56. The molecule has 6 heteroatoms. The molecule has 0 radical (unpaired) electrons. The highest BCUT2D eigenvalue weighted by Crippen LogP contribution is 2.38. The second-order valence-electron chi connectivity index (χ2n) is 5.13. The molecular weight excluding hydrogens is 396 g/mol. The summed E-state index contributed by atoms with van der Waals surface area (Å²) in [5.41, 5.74) is 0.497. The fraction of sp³-hybridized carbons (Fsp3) is 0.111. The van der Waals surface area contributed by atoms with E-state index >= 15 is 0 Å². The van der Waals surface area contributed by atoms with E-state index in [2.05, 4.69) is 15.9 Å². The first-order valence-electron chi connectivity index (χ1n) is 7.08. The number of ketones is 1. The van der Waals surface area contributed by atoms with E-state index in [1.54, 1.807) is 30.3 Å². The number of fused-ring (bicyclic) bond motifs is 1. The zero-order valence-electron chi connectivity index (χ0n) is 12.6. The lowest BCUT2D eigenvalue weighted by Crippen LogP contribution is -2.08. The van der Waals surface area contributed by atoms with Gasteiger partial charge < -0.3 is 9.15 Å². The van der Waals surface area contributed by atoms with Crippen molar-refractivity contribution in [2.75, 3.05) is 7.11 Å². The van der Waals surface area contributed by atoms with E-state index in [4.69, 9.17) is 20.8 Å². The number of rotatable bonds is 4. The van der Waals surface area contributed by atoms with Gasteiger partial charge in [0.1, 0.15) is 10.8 Å². The van der Waals surface area contributed by atoms with E-state index in [0.29, 0.717) is 21.2 Å². The van der Waals surface area contributed by atoms with E-state index in [1.165, 1.54) is 13.2 Å². The summed E-state index contributed by atoms with van der Waals surface area (Å²) in [7, 11) is 1.47. The van der Waals surface area contributed by atoms with Crippen LogP contribution in [0, 0.1) is 0 Å². The van der Waals surface area contributed by atoms with Crippen LogP contribution in [0.1, 0.15) is 16.1 Å². The lowest BCUT2D eigenvalue weighted by Gasteiger charge is -2.09. The number of halogens is 2. The third kappa shape index (κ3) is 3.09. The summed E-state index contributed by atoms with van der Waals surface area (Å²) in [5.74, 6) is 0.491. The molecule has 122 valence electrons. The van der Waals surface area contributed by atoms with Gasteiger partial charge in [0.15, 0.2) is 22.5 Å². The van der Waals surface area contributed by atoms with Gasteiger partial charge in [-0.2, -0.15) is 0 Å². The predicted molar refractivity (Wildman–Crippen MR) is 96.2 cm³/mol. The van der Waals surface area contributed by atoms with Gasteiger partial charge in [0, 0.05) is 11.6 Å². The molecule has 1 aromatic heterocycles. The molecule has 0 aliphatic rings. The molecule has 0 aliphatic carbocycles. The zero-order chi connectivity index (χ0) is 17.3. The maximum Gasteiger partial charge on any atom is 0.193 e. The Labute approximate surface area is 151 Å². The molecule has 3 rings (SSSR count). The molecule has 0 fully saturated rings. The zero-order valence-corrected chi connectivity index (χ0v) is 15.0. The van der Waals surface area contributed by atoms with Crippen LogP contribution in [0.5, 0.6) is 5.75 Å². The predicted octanol–water partition coefficient (Wildman–Crippen LogP) is 4.64. The monoisotopic (exact) mass is 406 g/mol. The molecule has 0 bridgehead atoms. The van der Waals surface area contributed by atoms with Crippen molar-refractivity contribution in [3.05, 3.63) is 73.5 Å². The molecular formula is C18H12BrClO4. The normalized spacial score (nSPS) is 10.8. The molecule has 0 amide bonds. The maximum atomic E-state index is 12.3. The first-order chi connectivity index (χ1) is 11.5. The van der Waals surface area contributed by atoms with Crippen LogP contribution in [-0.2, 0) is 6.42 Å². The highest BCUT2D eigenvalue weighted by atomic mass is 79.9. The van der Waals surface area contributed by atoms with Gasteiger partial charge in [0.25, 0.3) is 0 Å². The fourth-order valence-electron chi connectivity index (χ4n) is 2.41. The SMILES string of the molecule is COc1c(Br)cc2c(=O)cc(CC(=O)c3ccccc3)oc2c1Cl. The first kappa shape index (κ1) is 16.7. The van der Waals surface area contributed by atoms with Crippen LogP contribution < -0.4 is 10.2 Å². The van der Waals surface area contributed by atoms with Crippen LogP contribution in [0.4, 0.5) is 0 Å². The van der Waals surface area contributed by atoms with E-state index in [0.717, 1.165) is 0 Å².